The molecule has 0 aliphatic carbocycles. The van der Waals surface area contributed by atoms with E-state index in [0.717, 1.165) is 16.8 Å². The molecule has 0 fully saturated rings. The van der Waals surface area contributed by atoms with Gasteiger partial charge < -0.3 is 15.2 Å². The van der Waals surface area contributed by atoms with Crippen LogP contribution in [0.4, 0.5) is 0 Å². The van der Waals surface area contributed by atoms with Crippen LogP contribution in [0, 0.1) is 0 Å². The highest BCUT2D eigenvalue weighted by atomic mass is 79.9. The lowest BCUT2D eigenvalue weighted by molar-refractivity contribution is 0.00823. The molecule has 20 heavy (non-hydrogen) atoms. The fourth-order valence-electron chi connectivity index (χ4n) is 1.47. The zero-order valence-corrected chi connectivity index (χ0v) is 14.7. The van der Waals surface area contributed by atoms with Gasteiger partial charge in [-0.15, -0.1) is 0 Å². The van der Waals surface area contributed by atoms with E-state index in [4.69, 9.17) is 4.74 Å². The Kier molecular flexibility index (Phi) is 6.05. The topological polar surface area (TPSA) is 41.5 Å². The number of benzene rings is 1. The van der Waals surface area contributed by atoms with E-state index < -0.39 is 5.60 Å². The second-order valence-corrected chi connectivity index (χ2v) is 7.36. The van der Waals surface area contributed by atoms with Crippen molar-refractivity contribution in [3.05, 3.63) is 28.2 Å². The minimum atomic E-state index is -0.786. The fourth-order valence-corrected chi connectivity index (χ4v) is 2.01. The lowest BCUT2D eigenvalue weighted by Crippen LogP contribution is -2.35. The van der Waals surface area contributed by atoms with Crippen molar-refractivity contribution in [2.24, 2.45) is 0 Å². The van der Waals surface area contributed by atoms with Crippen LogP contribution >= 0.6 is 15.9 Å². The maximum Gasteiger partial charge on any atom is 0.133 e. The number of halogens is 1. The number of rotatable bonds is 6. The van der Waals surface area contributed by atoms with Gasteiger partial charge in [0.1, 0.15) is 12.4 Å². The summed E-state index contributed by atoms with van der Waals surface area (Å²) in [5.41, 5.74) is 0.509. The predicted octanol–water partition coefficient (Wildman–Crippen LogP) is 3.88. The largest absolute Gasteiger partial charge is 0.489 e. The highest BCUT2D eigenvalue weighted by Crippen LogP contribution is 2.27. The quantitative estimate of drug-likeness (QED) is 0.823. The summed E-state index contributed by atoms with van der Waals surface area (Å²) in [6.45, 7) is 11.3. The second-order valence-electron chi connectivity index (χ2n) is 6.51. The molecule has 0 aliphatic rings. The molecule has 0 bridgehead atoms. The first-order valence-electron chi connectivity index (χ1n) is 7.01. The van der Waals surface area contributed by atoms with E-state index in [9.17, 15) is 5.11 Å². The number of aliphatic hydroxyl groups is 1. The van der Waals surface area contributed by atoms with Crippen LogP contribution in [0.3, 0.4) is 0 Å². The predicted molar refractivity (Wildman–Crippen MR) is 87.1 cm³/mol. The van der Waals surface area contributed by atoms with Crippen LogP contribution in [0.1, 0.15) is 46.6 Å². The Morgan fingerprint density at radius 3 is 2.40 bits per heavy atom. The Morgan fingerprint density at radius 2 is 1.90 bits per heavy atom. The van der Waals surface area contributed by atoms with E-state index in [0.29, 0.717) is 13.0 Å². The third kappa shape index (κ3) is 6.25. The Hall–Kier alpha value is -0.580. The molecule has 0 saturated carbocycles. The van der Waals surface area contributed by atoms with Gasteiger partial charge in [0.2, 0.25) is 0 Å². The van der Waals surface area contributed by atoms with Crippen molar-refractivity contribution >= 4 is 15.9 Å². The van der Waals surface area contributed by atoms with Gasteiger partial charge in [0.05, 0.1) is 10.1 Å². The zero-order valence-electron chi connectivity index (χ0n) is 13.1. The maximum absolute atomic E-state index is 9.95. The molecule has 0 radical (unpaired) electrons. The minimum absolute atomic E-state index is 0.0987. The lowest BCUT2D eigenvalue weighted by atomic mass is 10.1. The van der Waals surface area contributed by atoms with Crippen molar-refractivity contribution in [3.63, 3.8) is 0 Å². The average molecular weight is 344 g/mol. The molecule has 1 aromatic carbocycles. The SMILES string of the molecule is CCC(C)(O)COc1ccc(CNC(C)(C)C)cc1Br. The Morgan fingerprint density at radius 1 is 1.25 bits per heavy atom. The summed E-state index contributed by atoms with van der Waals surface area (Å²) in [4.78, 5) is 0. The third-order valence-corrected chi connectivity index (χ3v) is 3.74. The van der Waals surface area contributed by atoms with Crippen molar-refractivity contribution in [3.8, 4) is 5.75 Å². The maximum atomic E-state index is 9.95. The summed E-state index contributed by atoms with van der Waals surface area (Å²) < 4.78 is 6.59. The van der Waals surface area contributed by atoms with E-state index in [1.54, 1.807) is 6.92 Å². The molecule has 1 unspecified atom stereocenters. The standard InChI is InChI=1S/C16H26BrNO2/c1-6-16(5,19)11-20-14-8-7-12(9-13(14)17)10-18-15(2,3)4/h7-9,18-19H,6,10-11H2,1-5H3. The summed E-state index contributed by atoms with van der Waals surface area (Å²) in [5.74, 6) is 0.762. The molecule has 1 rings (SSSR count). The van der Waals surface area contributed by atoms with Gasteiger partial charge >= 0.3 is 0 Å². The molecule has 1 aromatic rings. The van der Waals surface area contributed by atoms with Crippen LogP contribution in [-0.2, 0) is 6.54 Å². The first-order valence-corrected chi connectivity index (χ1v) is 7.81. The average Bonchev–Trinajstić information content (AvgIpc) is 2.34. The van der Waals surface area contributed by atoms with Crippen LogP contribution in [0.15, 0.2) is 22.7 Å². The van der Waals surface area contributed by atoms with Gasteiger partial charge in [-0.3, -0.25) is 0 Å². The molecule has 4 heteroatoms. The molecule has 0 amide bonds. The molecule has 3 nitrogen and oxygen atoms in total. The Balaban J connectivity index is 2.64. The summed E-state index contributed by atoms with van der Waals surface area (Å²) in [6, 6.07) is 6.03. The smallest absolute Gasteiger partial charge is 0.133 e. The van der Waals surface area contributed by atoms with Crippen molar-refractivity contribution in [1.82, 2.24) is 5.32 Å². The number of ether oxygens (including phenoxy) is 1. The highest BCUT2D eigenvalue weighted by molar-refractivity contribution is 9.10. The fraction of sp³-hybridized carbons (Fsp3) is 0.625. The van der Waals surface area contributed by atoms with Gasteiger partial charge in [-0.1, -0.05) is 13.0 Å². The third-order valence-electron chi connectivity index (χ3n) is 3.12. The molecule has 0 spiro atoms. The van der Waals surface area contributed by atoms with Gasteiger partial charge in [0, 0.05) is 12.1 Å². The van der Waals surface area contributed by atoms with Gasteiger partial charge in [0.15, 0.2) is 0 Å². The van der Waals surface area contributed by atoms with E-state index >= 15 is 0 Å². The van der Waals surface area contributed by atoms with Crippen molar-refractivity contribution < 1.29 is 9.84 Å². The van der Waals surface area contributed by atoms with Crippen molar-refractivity contribution in [2.75, 3.05) is 6.61 Å². The molecule has 0 aliphatic heterocycles. The van der Waals surface area contributed by atoms with Gasteiger partial charge in [-0.05, 0) is 67.7 Å². The van der Waals surface area contributed by atoms with Crippen LogP contribution in [0.2, 0.25) is 0 Å². The normalized spacial score (nSPS) is 14.9. The first-order chi connectivity index (χ1) is 9.13. The van der Waals surface area contributed by atoms with Crippen LogP contribution in [0.5, 0.6) is 5.75 Å². The second kappa shape index (κ2) is 6.92. The van der Waals surface area contributed by atoms with Crippen LogP contribution in [0.25, 0.3) is 0 Å². The zero-order chi connectivity index (χ0) is 15.4. The van der Waals surface area contributed by atoms with E-state index in [1.807, 2.05) is 19.1 Å². The van der Waals surface area contributed by atoms with E-state index in [1.165, 1.54) is 5.56 Å². The highest BCUT2D eigenvalue weighted by Gasteiger charge is 2.19. The van der Waals surface area contributed by atoms with Gasteiger partial charge in [-0.25, -0.2) is 0 Å². The molecular weight excluding hydrogens is 318 g/mol. The van der Waals surface area contributed by atoms with Gasteiger partial charge in [-0.2, -0.15) is 0 Å². The van der Waals surface area contributed by atoms with Gasteiger partial charge in [0.25, 0.3) is 0 Å². The Bertz CT molecular complexity index is 439. The minimum Gasteiger partial charge on any atom is -0.489 e. The number of hydrogen-bond acceptors (Lipinski definition) is 3. The summed E-state index contributed by atoms with van der Waals surface area (Å²) >= 11 is 3.52. The molecule has 114 valence electrons. The van der Waals surface area contributed by atoms with E-state index in [-0.39, 0.29) is 5.54 Å². The monoisotopic (exact) mass is 343 g/mol. The first kappa shape index (κ1) is 17.5. The molecular formula is C16H26BrNO2. The number of hydrogen-bond donors (Lipinski definition) is 2. The molecule has 2 N–H and O–H groups in total. The Labute approximate surface area is 130 Å². The van der Waals surface area contributed by atoms with Crippen LogP contribution in [-0.4, -0.2) is 22.9 Å². The molecule has 0 saturated heterocycles. The number of nitrogens with one attached hydrogen (secondary N) is 1. The summed E-state index contributed by atoms with van der Waals surface area (Å²) in [5, 5.41) is 13.4. The summed E-state index contributed by atoms with van der Waals surface area (Å²) in [7, 11) is 0. The van der Waals surface area contributed by atoms with E-state index in [2.05, 4.69) is 48.1 Å². The molecule has 0 aromatic heterocycles. The molecule has 1 atom stereocenters. The van der Waals surface area contributed by atoms with Crippen LogP contribution < -0.4 is 10.1 Å². The van der Waals surface area contributed by atoms with Crippen molar-refractivity contribution in [1.29, 1.82) is 0 Å². The lowest BCUT2D eigenvalue weighted by Gasteiger charge is -2.23. The van der Waals surface area contributed by atoms with Crippen molar-refractivity contribution in [2.45, 2.75) is 58.7 Å². The molecule has 0 heterocycles. The summed E-state index contributed by atoms with van der Waals surface area (Å²) in [6.07, 6.45) is 0.665.